The minimum atomic E-state index is -3.13. The number of nitrogen functional groups attached to an aromatic ring is 1. The third-order valence-electron chi connectivity index (χ3n) is 7.12. The van der Waals surface area contributed by atoms with Crippen LogP contribution in [-0.2, 0) is 6.54 Å². The first-order chi connectivity index (χ1) is 18.3. The Hall–Kier alpha value is -3.87. The number of anilines is 2. The van der Waals surface area contributed by atoms with Gasteiger partial charge in [-0.3, -0.25) is 4.79 Å². The summed E-state index contributed by atoms with van der Waals surface area (Å²) < 4.78 is 46.0. The van der Waals surface area contributed by atoms with Crippen molar-refractivity contribution in [2.24, 2.45) is 5.73 Å². The molecule has 2 aromatic heterocycles. The average Bonchev–Trinajstić information content (AvgIpc) is 3.28. The van der Waals surface area contributed by atoms with Gasteiger partial charge in [-0.1, -0.05) is 0 Å². The van der Waals surface area contributed by atoms with Gasteiger partial charge in [-0.05, 0) is 50.6 Å². The molecule has 0 saturated carbocycles. The number of carbonyl (C=O) groups excluding carboxylic acids is 1. The Morgan fingerprint density at radius 2 is 1.89 bits per heavy atom. The van der Waals surface area contributed by atoms with Gasteiger partial charge < -0.3 is 30.6 Å². The molecule has 1 amide bonds. The Balaban J connectivity index is 1.39. The van der Waals surface area contributed by atoms with E-state index >= 15 is 0 Å². The summed E-state index contributed by atoms with van der Waals surface area (Å²) in [6, 6.07) is 3.86. The molecule has 4 N–H and O–H groups in total. The summed E-state index contributed by atoms with van der Waals surface area (Å²) in [7, 11) is 0. The summed E-state index contributed by atoms with van der Waals surface area (Å²) in [5.74, 6) is -0.617. The summed E-state index contributed by atoms with van der Waals surface area (Å²) in [4.78, 5) is 29.3. The predicted molar refractivity (Wildman–Crippen MR) is 134 cm³/mol. The van der Waals surface area contributed by atoms with E-state index in [1.165, 1.54) is 24.9 Å². The molecule has 202 valence electrons. The maximum Gasteiger partial charge on any atom is 0.387 e. The average molecular weight is 531 g/mol. The fourth-order valence-electron chi connectivity index (χ4n) is 4.99. The van der Waals surface area contributed by atoms with Crippen LogP contribution < -0.4 is 21.1 Å². The van der Waals surface area contributed by atoms with Crippen LogP contribution in [-0.4, -0.2) is 69.7 Å². The van der Waals surface area contributed by atoms with Crippen molar-refractivity contribution >= 4 is 17.5 Å². The number of carbonyl (C=O) groups is 1. The fraction of sp³-hybridized carbons (Fsp3) is 0.440. The molecule has 0 atom stereocenters. The van der Waals surface area contributed by atoms with E-state index in [9.17, 15) is 18.0 Å². The van der Waals surface area contributed by atoms with Crippen LogP contribution in [0.15, 0.2) is 30.7 Å². The molecular weight excluding hydrogens is 501 g/mol. The van der Waals surface area contributed by atoms with Crippen molar-refractivity contribution in [2.75, 3.05) is 43.4 Å². The van der Waals surface area contributed by atoms with Crippen LogP contribution >= 0.6 is 0 Å². The van der Waals surface area contributed by atoms with Gasteiger partial charge in [-0.15, -0.1) is 0 Å². The number of hydrogen-bond acceptors (Lipinski definition) is 8. The lowest BCUT2D eigenvalue weighted by Gasteiger charge is -2.34. The number of likely N-dealkylation sites (tertiary alicyclic amines) is 1. The Labute approximate surface area is 217 Å². The number of nitrogens with two attached hydrogens (primary N) is 2. The number of piperidine rings is 1. The van der Waals surface area contributed by atoms with Crippen LogP contribution in [0.5, 0.6) is 5.75 Å². The maximum absolute atomic E-state index is 14.0. The second kappa shape index (κ2) is 10.9. The Morgan fingerprint density at radius 3 is 2.55 bits per heavy atom. The molecule has 4 heterocycles. The summed E-state index contributed by atoms with van der Waals surface area (Å²) in [6.45, 7) is 1.77. The van der Waals surface area contributed by atoms with Crippen molar-refractivity contribution in [3.63, 3.8) is 0 Å². The molecule has 1 aromatic carbocycles. The summed E-state index contributed by atoms with van der Waals surface area (Å²) in [5.41, 5.74) is 12.6. The largest absolute Gasteiger partial charge is 0.432 e. The number of alkyl halides is 2. The molecular formula is C25H29F3N8O2. The highest BCUT2D eigenvalue weighted by Crippen LogP contribution is 2.34. The highest BCUT2D eigenvalue weighted by Gasteiger charge is 2.29. The molecule has 5 rings (SSSR count). The van der Waals surface area contributed by atoms with Crippen LogP contribution in [0.3, 0.4) is 0 Å². The predicted octanol–water partition coefficient (Wildman–Crippen LogP) is 2.85. The number of hydrogen-bond donors (Lipinski definition) is 2. The standard InChI is InChI=1S/C25H29F3N8O2/c26-17-3-2-16(12-19(17)38-25(27)28)18-13-36(11-10-34-6-1-7-34)23(33-18)15-4-8-35(9-5-15)24-20(22(30)37)21(29)31-14-32-24/h2-3,12-15,25H,1,4-11H2,(H2,30,37)(H2,29,31,32). The van der Waals surface area contributed by atoms with E-state index in [1.54, 1.807) is 0 Å². The molecule has 0 radical (unpaired) electrons. The van der Waals surface area contributed by atoms with Gasteiger partial charge in [0.1, 0.15) is 29.4 Å². The number of benzene rings is 1. The van der Waals surface area contributed by atoms with Gasteiger partial charge in [0.15, 0.2) is 11.6 Å². The van der Waals surface area contributed by atoms with Crippen LogP contribution in [0.1, 0.15) is 41.4 Å². The number of halogens is 3. The monoisotopic (exact) mass is 530 g/mol. The lowest BCUT2D eigenvalue weighted by atomic mass is 9.95. The van der Waals surface area contributed by atoms with E-state index < -0.39 is 24.1 Å². The van der Waals surface area contributed by atoms with Crippen molar-refractivity contribution in [3.8, 4) is 17.0 Å². The molecule has 38 heavy (non-hydrogen) atoms. The lowest BCUT2D eigenvalue weighted by Crippen LogP contribution is -2.39. The maximum atomic E-state index is 14.0. The van der Waals surface area contributed by atoms with E-state index in [0.29, 0.717) is 30.2 Å². The molecule has 0 unspecified atom stereocenters. The summed E-state index contributed by atoms with van der Waals surface area (Å²) >= 11 is 0. The van der Waals surface area contributed by atoms with E-state index in [0.717, 1.165) is 50.9 Å². The molecule has 2 aliphatic heterocycles. The molecule has 2 fully saturated rings. The SMILES string of the molecule is NC(=O)c1c(N)ncnc1N1CCC(c2nc(-c3ccc(F)c(OC(F)F)c3)cn2CCN2CCC2)CC1. The molecule has 0 aliphatic carbocycles. The van der Waals surface area contributed by atoms with Gasteiger partial charge in [-0.2, -0.15) is 8.78 Å². The smallest absolute Gasteiger partial charge is 0.387 e. The van der Waals surface area contributed by atoms with E-state index in [4.69, 9.17) is 16.5 Å². The number of amides is 1. The normalized spacial score (nSPS) is 16.6. The van der Waals surface area contributed by atoms with E-state index in [-0.39, 0.29) is 17.3 Å². The van der Waals surface area contributed by atoms with Gasteiger partial charge >= 0.3 is 6.61 Å². The Morgan fingerprint density at radius 1 is 1.13 bits per heavy atom. The van der Waals surface area contributed by atoms with Gasteiger partial charge in [0, 0.05) is 43.9 Å². The topological polar surface area (TPSA) is 128 Å². The van der Waals surface area contributed by atoms with Gasteiger partial charge in [0.2, 0.25) is 0 Å². The molecule has 0 bridgehead atoms. The zero-order valence-electron chi connectivity index (χ0n) is 20.7. The van der Waals surface area contributed by atoms with Crippen molar-refractivity contribution in [1.29, 1.82) is 0 Å². The Kier molecular flexibility index (Phi) is 7.36. The molecule has 2 aliphatic rings. The zero-order chi connectivity index (χ0) is 26.8. The molecule has 3 aromatic rings. The number of imidazole rings is 1. The summed E-state index contributed by atoms with van der Waals surface area (Å²) in [5, 5.41) is 0. The molecule has 13 heteroatoms. The highest BCUT2D eigenvalue weighted by molar-refractivity contribution is 6.01. The van der Waals surface area contributed by atoms with Crippen molar-refractivity contribution in [2.45, 2.75) is 38.3 Å². The van der Waals surface area contributed by atoms with Crippen LogP contribution in [0.25, 0.3) is 11.3 Å². The van der Waals surface area contributed by atoms with Crippen molar-refractivity contribution in [3.05, 3.63) is 47.9 Å². The number of primary amides is 1. The summed E-state index contributed by atoms with van der Waals surface area (Å²) in [6.07, 6.45) is 5.84. The zero-order valence-corrected chi connectivity index (χ0v) is 20.7. The third-order valence-corrected chi connectivity index (χ3v) is 7.12. The second-order valence-corrected chi connectivity index (χ2v) is 9.48. The lowest BCUT2D eigenvalue weighted by molar-refractivity contribution is -0.0521. The van der Waals surface area contributed by atoms with Crippen molar-refractivity contribution < 1.29 is 22.7 Å². The van der Waals surface area contributed by atoms with E-state index in [1.807, 2.05) is 11.1 Å². The molecule has 0 spiro atoms. The minimum absolute atomic E-state index is 0.0466. The van der Waals surface area contributed by atoms with Crippen molar-refractivity contribution in [1.82, 2.24) is 24.4 Å². The third kappa shape index (κ3) is 5.37. The first-order valence-corrected chi connectivity index (χ1v) is 12.5. The first kappa shape index (κ1) is 25.8. The van der Waals surface area contributed by atoms with Crippen LogP contribution in [0, 0.1) is 5.82 Å². The van der Waals surface area contributed by atoms with Crippen LogP contribution in [0.2, 0.25) is 0 Å². The fourth-order valence-corrected chi connectivity index (χ4v) is 4.99. The molecule has 10 nitrogen and oxygen atoms in total. The van der Waals surface area contributed by atoms with Gasteiger partial charge in [-0.25, -0.2) is 19.3 Å². The highest BCUT2D eigenvalue weighted by atomic mass is 19.3. The number of aromatic nitrogens is 4. The van der Waals surface area contributed by atoms with Crippen LogP contribution in [0.4, 0.5) is 24.8 Å². The quantitative estimate of drug-likeness (QED) is 0.432. The van der Waals surface area contributed by atoms with Gasteiger partial charge in [0.25, 0.3) is 5.91 Å². The second-order valence-electron chi connectivity index (χ2n) is 9.48. The first-order valence-electron chi connectivity index (χ1n) is 12.5. The minimum Gasteiger partial charge on any atom is -0.432 e. The van der Waals surface area contributed by atoms with E-state index in [2.05, 4.69) is 24.2 Å². The van der Waals surface area contributed by atoms with Gasteiger partial charge in [0.05, 0.1) is 5.69 Å². The number of nitrogens with zero attached hydrogens (tertiary/aromatic N) is 6. The Bertz CT molecular complexity index is 1310. The number of rotatable bonds is 9. The number of ether oxygens (including phenoxy) is 1. The molecule has 2 saturated heterocycles.